The lowest BCUT2D eigenvalue weighted by molar-refractivity contribution is 0.589. The predicted octanol–water partition coefficient (Wildman–Crippen LogP) is 6.46. The molecule has 0 heterocycles. The van der Waals surface area contributed by atoms with Crippen LogP contribution < -0.4 is 5.32 Å². The Hall–Kier alpha value is -1.18. The molecule has 1 unspecified atom stereocenters. The molecule has 0 spiro atoms. The third kappa shape index (κ3) is 4.39. The van der Waals surface area contributed by atoms with Crippen LogP contribution in [-0.4, -0.2) is 0 Å². The summed E-state index contributed by atoms with van der Waals surface area (Å²) in [5.41, 5.74) is 3.68. The average molecular weight is 322 g/mol. The fourth-order valence-corrected chi connectivity index (χ4v) is 2.77. The third-order valence-electron chi connectivity index (χ3n) is 3.52. The van der Waals surface area contributed by atoms with E-state index in [4.69, 9.17) is 23.2 Å². The fraction of sp³-hybridized carbons (Fsp3) is 0.333. The number of hydrogen-bond acceptors (Lipinski definition) is 1. The molecule has 1 atom stereocenters. The summed E-state index contributed by atoms with van der Waals surface area (Å²) in [6.45, 7) is 8.79. The van der Waals surface area contributed by atoms with Gasteiger partial charge in [-0.25, -0.2) is 0 Å². The normalized spacial score (nSPS) is 13.0. The minimum atomic E-state index is 0.176. The molecule has 2 aromatic rings. The maximum absolute atomic E-state index is 6.03. The molecule has 0 saturated heterocycles. The Morgan fingerprint density at radius 1 is 0.905 bits per heavy atom. The molecule has 2 rings (SSSR count). The number of halogens is 2. The van der Waals surface area contributed by atoms with E-state index in [0.29, 0.717) is 10.0 Å². The molecule has 0 bridgehead atoms. The zero-order chi connectivity index (χ0) is 15.6. The Morgan fingerprint density at radius 3 is 1.90 bits per heavy atom. The lowest BCUT2D eigenvalue weighted by Crippen LogP contribution is -2.12. The molecule has 1 N–H and O–H groups in total. The molecule has 0 fully saturated rings. The van der Waals surface area contributed by atoms with Crippen molar-refractivity contribution in [1.82, 2.24) is 0 Å². The van der Waals surface area contributed by atoms with Crippen molar-refractivity contribution in [3.8, 4) is 0 Å². The van der Waals surface area contributed by atoms with E-state index in [9.17, 15) is 0 Å². The van der Waals surface area contributed by atoms with Gasteiger partial charge in [-0.05, 0) is 41.7 Å². The number of nitrogens with one attached hydrogen (secondary N) is 1. The first-order chi connectivity index (χ1) is 9.75. The van der Waals surface area contributed by atoms with Crippen LogP contribution in [0, 0.1) is 0 Å². The molecule has 0 aliphatic rings. The summed E-state index contributed by atoms with van der Waals surface area (Å²) < 4.78 is 0. The van der Waals surface area contributed by atoms with E-state index in [-0.39, 0.29) is 11.5 Å². The highest BCUT2D eigenvalue weighted by atomic mass is 35.5. The first-order valence-electron chi connectivity index (χ1n) is 7.09. The molecule has 0 amide bonds. The minimum absolute atomic E-state index is 0.176. The van der Waals surface area contributed by atoms with E-state index in [1.807, 2.05) is 12.1 Å². The molecule has 3 heteroatoms. The van der Waals surface area contributed by atoms with Crippen molar-refractivity contribution >= 4 is 28.9 Å². The fourth-order valence-electron chi connectivity index (χ4n) is 2.24. The molecule has 0 aliphatic heterocycles. The van der Waals surface area contributed by atoms with E-state index in [1.54, 1.807) is 6.07 Å². The topological polar surface area (TPSA) is 12.0 Å². The number of hydrogen-bond donors (Lipinski definition) is 1. The molecular formula is C18H21Cl2N. The zero-order valence-electron chi connectivity index (χ0n) is 12.9. The molecule has 0 aliphatic carbocycles. The third-order valence-corrected chi connectivity index (χ3v) is 3.96. The summed E-state index contributed by atoms with van der Waals surface area (Å²) in [6, 6.07) is 14.4. The van der Waals surface area contributed by atoms with Crippen molar-refractivity contribution in [3.05, 3.63) is 63.6 Å². The molecule has 112 valence electrons. The molecular weight excluding hydrogens is 301 g/mol. The van der Waals surface area contributed by atoms with Crippen LogP contribution in [0.15, 0.2) is 42.5 Å². The van der Waals surface area contributed by atoms with E-state index in [1.165, 1.54) is 11.1 Å². The summed E-state index contributed by atoms with van der Waals surface area (Å²) in [7, 11) is 0. The van der Waals surface area contributed by atoms with Crippen molar-refractivity contribution in [2.75, 3.05) is 5.32 Å². The average Bonchev–Trinajstić information content (AvgIpc) is 2.36. The SMILES string of the molecule is CC(Nc1cc(Cl)cc(Cl)c1)c1ccc(C(C)(C)C)cc1. The lowest BCUT2D eigenvalue weighted by Gasteiger charge is -2.21. The second kappa shape index (κ2) is 6.29. The number of anilines is 1. The molecule has 0 aromatic heterocycles. The van der Waals surface area contributed by atoms with Crippen LogP contribution in [0.25, 0.3) is 0 Å². The second-order valence-electron chi connectivity index (χ2n) is 6.40. The number of benzene rings is 2. The predicted molar refractivity (Wildman–Crippen MR) is 93.6 cm³/mol. The summed E-state index contributed by atoms with van der Waals surface area (Å²) in [4.78, 5) is 0. The highest BCUT2D eigenvalue weighted by molar-refractivity contribution is 6.35. The lowest BCUT2D eigenvalue weighted by atomic mass is 9.86. The van der Waals surface area contributed by atoms with Gasteiger partial charge in [0.25, 0.3) is 0 Å². The van der Waals surface area contributed by atoms with Crippen LogP contribution >= 0.6 is 23.2 Å². The Kier molecular flexibility index (Phi) is 4.85. The maximum atomic E-state index is 6.03. The molecule has 1 nitrogen and oxygen atoms in total. The van der Waals surface area contributed by atoms with Crippen molar-refractivity contribution in [3.63, 3.8) is 0 Å². The van der Waals surface area contributed by atoms with Gasteiger partial charge in [-0.2, -0.15) is 0 Å². The van der Waals surface area contributed by atoms with Gasteiger partial charge in [0, 0.05) is 21.8 Å². The quantitative estimate of drug-likeness (QED) is 0.683. The molecule has 2 aromatic carbocycles. The molecule has 21 heavy (non-hydrogen) atoms. The van der Waals surface area contributed by atoms with Crippen LogP contribution in [0.2, 0.25) is 10.0 Å². The first kappa shape index (κ1) is 16.2. The smallest absolute Gasteiger partial charge is 0.0485 e. The van der Waals surface area contributed by atoms with Crippen LogP contribution in [-0.2, 0) is 5.41 Å². The Balaban J connectivity index is 2.15. The van der Waals surface area contributed by atoms with Crippen LogP contribution in [0.1, 0.15) is 44.9 Å². The van der Waals surface area contributed by atoms with Gasteiger partial charge in [-0.3, -0.25) is 0 Å². The summed E-state index contributed by atoms with van der Waals surface area (Å²) in [5, 5.41) is 4.71. The van der Waals surface area contributed by atoms with Gasteiger partial charge in [-0.15, -0.1) is 0 Å². The zero-order valence-corrected chi connectivity index (χ0v) is 14.4. The Labute approximate surface area is 137 Å². The Morgan fingerprint density at radius 2 is 1.43 bits per heavy atom. The van der Waals surface area contributed by atoms with Crippen LogP contribution in [0.3, 0.4) is 0 Å². The van der Waals surface area contributed by atoms with E-state index < -0.39 is 0 Å². The standard InChI is InChI=1S/C18H21Cl2N/c1-12(21-17-10-15(19)9-16(20)11-17)13-5-7-14(8-6-13)18(2,3)4/h5-12,21H,1-4H3. The van der Waals surface area contributed by atoms with Crippen molar-refractivity contribution < 1.29 is 0 Å². The summed E-state index contributed by atoms with van der Waals surface area (Å²) in [5.74, 6) is 0. The van der Waals surface area contributed by atoms with Gasteiger partial charge < -0.3 is 5.32 Å². The largest absolute Gasteiger partial charge is 0.378 e. The van der Waals surface area contributed by atoms with Crippen molar-refractivity contribution in [1.29, 1.82) is 0 Å². The molecule has 0 radical (unpaired) electrons. The first-order valence-corrected chi connectivity index (χ1v) is 7.84. The van der Waals surface area contributed by atoms with E-state index >= 15 is 0 Å². The maximum Gasteiger partial charge on any atom is 0.0485 e. The highest BCUT2D eigenvalue weighted by Crippen LogP contribution is 2.27. The van der Waals surface area contributed by atoms with Gasteiger partial charge in [0.05, 0.1) is 0 Å². The summed E-state index contributed by atoms with van der Waals surface area (Å²) >= 11 is 12.1. The molecule has 0 saturated carbocycles. The number of rotatable bonds is 3. The van der Waals surface area contributed by atoms with Gasteiger partial charge in [0.15, 0.2) is 0 Å². The highest BCUT2D eigenvalue weighted by Gasteiger charge is 2.14. The van der Waals surface area contributed by atoms with Gasteiger partial charge in [-0.1, -0.05) is 68.2 Å². The minimum Gasteiger partial charge on any atom is -0.378 e. The van der Waals surface area contributed by atoms with Gasteiger partial charge in [0.1, 0.15) is 0 Å². The second-order valence-corrected chi connectivity index (χ2v) is 7.27. The van der Waals surface area contributed by atoms with Crippen LogP contribution in [0.4, 0.5) is 5.69 Å². The summed E-state index contributed by atoms with van der Waals surface area (Å²) in [6.07, 6.45) is 0. The van der Waals surface area contributed by atoms with E-state index in [0.717, 1.165) is 5.69 Å². The monoisotopic (exact) mass is 321 g/mol. The van der Waals surface area contributed by atoms with Crippen LogP contribution in [0.5, 0.6) is 0 Å². The van der Waals surface area contributed by atoms with Gasteiger partial charge in [0.2, 0.25) is 0 Å². The van der Waals surface area contributed by atoms with Crippen molar-refractivity contribution in [2.45, 2.75) is 39.2 Å². The van der Waals surface area contributed by atoms with Crippen molar-refractivity contribution in [2.24, 2.45) is 0 Å². The Bertz CT molecular complexity index is 592. The van der Waals surface area contributed by atoms with E-state index in [2.05, 4.69) is 57.3 Å². The van der Waals surface area contributed by atoms with Gasteiger partial charge >= 0.3 is 0 Å².